The van der Waals surface area contributed by atoms with Crippen molar-refractivity contribution in [1.29, 1.82) is 0 Å². The highest BCUT2D eigenvalue weighted by Gasteiger charge is 2.21. The third kappa shape index (κ3) is 7.01. The number of benzene rings is 1. The van der Waals surface area contributed by atoms with Gasteiger partial charge in [-0.3, -0.25) is 9.59 Å². The van der Waals surface area contributed by atoms with Gasteiger partial charge >= 0.3 is 5.97 Å². The van der Waals surface area contributed by atoms with E-state index in [9.17, 15) is 9.59 Å². The molecular weight excluding hydrogens is 430 g/mol. The van der Waals surface area contributed by atoms with Gasteiger partial charge in [-0.25, -0.2) is 0 Å². The van der Waals surface area contributed by atoms with Crippen LogP contribution in [0.5, 0.6) is 11.5 Å². The molecule has 8 heteroatoms. The number of carbonyl (C=O) groups is 2. The number of ether oxygens (including phenoxy) is 3. The molecule has 1 aromatic carbocycles. The maximum Gasteiger partial charge on any atom is 0.308 e. The molecule has 0 fully saturated rings. The molecule has 0 bridgehead atoms. The number of nitrogens with one attached hydrogen (secondary N) is 1. The van der Waals surface area contributed by atoms with Gasteiger partial charge in [0, 0.05) is 22.7 Å². The molecule has 2 aromatic rings. The number of esters is 1. The second-order valence-electron chi connectivity index (χ2n) is 9.10. The fraction of sp³-hybridized carbons (Fsp3) is 0.478. The SMILES string of the molecule is COc1cc2sc(C(=O)NCCC(=O)OC(C)(C)C)c(C#C[Si](C)(C)C)c2cc1OC. The molecule has 168 valence electrons. The summed E-state index contributed by atoms with van der Waals surface area (Å²) < 4.78 is 17.0. The Morgan fingerprint density at radius 2 is 1.71 bits per heavy atom. The Morgan fingerprint density at radius 1 is 1.10 bits per heavy atom. The molecule has 31 heavy (non-hydrogen) atoms. The number of hydrogen-bond donors (Lipinski definition) is 1. The minimum atomic E-state index is -1.67. The fourth-order valence-electron chi connectivity index (χ4n) is 2.71. The van der Waals surface area contributed by atoms with Crippen LogP contribution in [0.3, 0.4) is 0 Å². The summed E-state index contributed by atoms with van der Waals surface area (Å²) in [4.78, 5) is 25.4. The molecule has 1 aromatic heterocycles. The number of methoxy groups -OCH3 is 2. The lowest BCUT2D eigenvalue weighted by Crippen LogP contribution is -2.29. The fourth-order valence-corrected chi connectivity index (χ4v) is 4.29. The Morgan fingerprint density at radius 3 is 2.26 bits per heavy atom. The van der Waals surface area contributed by atoms with Crippen molar-refractivity contribution >= 4 is 41.4 Å². The van der Waals surface area contributed by atoms with E-state index in [1.54, 1.807) is 14.2 Å². The molecular formula is C23H31NO5SSi. The van der Waals surface area contributed by atoms with E-state index in [0.29, 0.717) is 21.9 Å². The van der Waals surface area contributed by atoms with Crippen LogP contribution in [0.25, 0.3) is 10.1 Å². The van der Waals surface area contributed by atoms with Crippen molar-refractivity contribution in [3.05, 3.63) is 22.6 Å². The molecule has 0 saturated carbocycles. The van der Waals surface area contributed by atoms with Crippen LogP contribution in [0.15, 0.2) is 12.1 Å². The Kier molecular flexibility index (Phi) is 7.79. The predicted octanol–water partition coefficient (Wildman–Crippen LogP) is 4.61. The van der Waals surface area contributed by atoms with E-state index in [2.05, 4.69) is 36.4 Å². The predicted molar refractivity (Wildman–Crippen MR) is 128 cm³/mol. The third-order valence-corrected chi connectivity index (χ3v) is 6.02. The van der Waals surface area contributed by atoms with Crippen LogP contribution in [0.4, 0.5) is 0 Å². The number of carbonyl (C=O) groups excluding carboxylic acids is 2. The molecule has 0 aliphatic heterocycles. The van der Waals surface area contributed by atoms with E-state index in [1.807, 2.05) is 32.9 Å². The highest BCUT2D eigenvalue weighted by Crippen LogP contribution is 2.39. The first kappa shape index (κ1) is 24.8. The average molecular weight is 462 g/mol. The second kappa shape index (κ2) is 9.75. The Balaban J connectivity index is 2.37. The second-order valence-corrected chi connectivity index (χ2v) is 14.9. The maximum absolute atomic E-state index is 13.0. The summed E-state index contributed by atoms with van der Waals surface area (Å²) in [5.41, 5.74) is 3.47. The van der Waals surface area contributed by atoms with E-state index < -0.39 is 13.7 Å². The molecule has 0 atom stereocenters. The molecule has 0 spiro atoms. The minimum Gasteiger partial charge on any atom is -0.493 e. The van der Waals surface area contributed by atoms with Crippen LogP contribution in [-0.4, -0.2) is 46.3 Å². The van der Waals surface area contributed by atoms with E-state index in [1.165, 1.54) is 11.3 Å². The lowest BCUT2D eigenvalue weighted by molar-refractivity contribution is -0.154. The summed E-state index contributed by atoms with van der Waals surface area (Å²) >= 11 is 1.35. The zero-order chi connectivity index (χ0) is 23.4. The zero-order valence-corrected chi connectivity index (χ0v) is 21.3. The number of rotatable bonds is 6. The lowest BCUT2D eigenvalue weighted by Gasteiger charge is -2.19. The van der Waals surface area contributed by atoms with Crippen molar-refractivity contribution < 1.29 is 23.8 Å². The molecule has 0 radical (unpaired) electrons. The maximum atomic E-state index is 13.0. The Bertz CT molecular complexity index is 1030. The van der Waals surface area contributed by atoms with Crippen molar-refractivity contribution in [1.82, 2.24) is 5.32 Å². The summed E-state index contributed by atoms with van der Waals surface area (Å²) in [6, 6.07) is 3.71. The van der Waals surface area contributed by atoms with Crippen LogP contribution in [0.1, 0.15) is 42.4 Å². The Labute approximate surface area is 189 Å². The van der Waals surface area contributed by atoms with Crippen LogP contribution >= 0.6 is 11.3 Å². The summed E-state index contributed by atoms with van der Waals surface area (Å²) in [7, 11) is 1.49. The first-order valence-electron chi connectivity index (χ1n) is 10.1. The molecule has 6 nitrogen and oxygen atoms in total. The Hall–Kier alpha value is -2.50. The van der Waals surface area contributed by atoms with Gasteiger partial charge in [-0.1, -0.05) is 25.6 Å². The monoisotopic (exact) mass is 461 g/mol. The highest BCUT2D eigenvalue weighted by molar-refractivity contribution is 7.21. The van der Waals surface area contributed by atoms with Crippen LogP contribution in [0, 0.1) is 11.5 Å². The first-order valence-corrected chi connectivity index (χ1v) is 14.4. The minimum absolute atomic E-state index is 0.103. The van der Waals surface area contributed by atoms with Gasteiger partial charge in [-0.05, 0) is 26.8 Å². The van der Waals surface area contributed by atoms with Gasteiger partial charge in [-0.15, -0.1) is 16.9 Å². The van der Waals surface area contributed by atoms with Crippen molar-refractivity contribution in [3.63, 3.8) is 0 Å². The summed E-state index contributed by atoms with van der Waals surface area (Å²) in [5, 5.41) is 3.68. The zero-order valence-electron chi connectivity index (χ0n) is 19.5. The molecule has 1 heterocycles. The van der Waals surface area contributed by atoms with Gasteiger partial charge in [-0.2, -0.15) is 0 Å². The number of amides is 1. The molecule has 0 aliphatic carbocycles. The van der Waals surface area contributed by atoms with E-state index in [0.717, 1.165) is 10.1 Å². The van der Waals surface area contributed by atoms with Gasteiger partial charge in [0.25, 0.3) is 5.91 Å². The van der Waals surface area contributed by atoms with E-state index in [4.69, 9.17) is 14.2 Å². The summed E-state index contributed by atoms with van der Waals surface area (Å²) in [6.07, 6.45) is 0.103. The number of fused-ring (bicyclic) bond motifs is 1. The van der Waals surface area contributed by atoms with Crippen molar-refractivity contribution in [2.45, 2.75) is 52.4 Å². The molecule has 0 saturated heterocycles. The molecule has 0 aliphatic rings. The smallest absolute Gasteiger partial charge is 0.308 e. The lowest BCUT2D eigenvalue weighted by atomic mass is 10.1. The van der Waals surface area contributed by atoms with Crippen LogP contribution in [0.2, 0.25) is 19.6 Å². The summed E-state index contributed by atoms with van der Waals surface area (Å²) in [5.74, 6) is 3.82. The van der Waals surface area contributed by atoms with E-state index in [-0.39, 0.29) is 24.8 Å². The van der Waals surface area contributed by atoms with Crippen molar-refractivity contribution in [2.24, 2.45) is 0 Å². The molecule has 1 amide bonds. The van der Waals surface area contributed by atoms with Gasteiger partial charge < -0.3 is 19.5 Å². The number of thiophene rings is 1. The first-order chi connectivity index (χ1) is 14.3. The molecule has 0 unspecified atom stereocenters. The standard InChI is InChI=1S/C23H31NO5SSi/c1-23(2,3)29-20(25)9-11-24-22(26)21-15(10-12-31(6,7)8)16-13-17(27-4)18(28-5)14-19(16)30-21/h13-14H,9,11H2,1-8H3,(H,24,26). The van der Waals surface area contributed by atoms with Gasteiger partial charge in [0.1, 0.15) is 18.6 Å². The van der Waals surface area contributed by atoms with Gasteiger partial charge in [0.05, 0.1) is 26.2 Å². The third-order valence-electron chi connectivity index (χ3n) is 4.00. The summed E-state index contributed by atoms with van der Waals surface area (Å²) in [6.45, 7) is 12.1. The van der Waals surface area contributed by atoms with Crippen molar-refractivity contribution in [2.75, 3.05) is 20.8 Å². The highest BCUT2D eigenvalue weighted by atomic mass is 32.1. The average Bonchev–Trinajstić information content (AvgIpc) is 3.00. The van der Waals surface area contributed by atoms with Crippen molar-refractivity contribution in [3.8, 4) is 23.0 Å². The van der Waals surface area contributed by atoms with E-state index >= 15 is 0 Å². The van der Waals surface area contributed by atoms with Crippen LogP contribution in [-0.2, 0) is 9.53 Å². The van der Waals surface area contributed by atoms with Gasteiger partial charge in [0.2, 0.25) is 0 Å². The normalized spacial score (nSPS) is 11.5. The quantitative estimate of drug-likeness (QED) is 0.386. The number of hydrogen-bond acceptors (Lipinski definition) is 6. The van der Waals surface area contributed by atoms with Crippen LogP contribution < -0.4 is 14.8 Å². The molecule has 2 rings (SSSR count). The topological polar surface area (TPSA) is 73.9 Å². The van der Waals surface area contributed by atoms with Gasteiger partial charge in [0.15, 0.2) is 11.5 Å². The largest absolute Gasteiger partial charge is 0.493 e. The molecule has 1 N–H and O–H groups in total.